The summed E-state index contributed by atoms with van der Waals surface area (Å²) in [5.41, 5.74) is 3.07. The maximum atomic E-state index is 13.8. The van der Waals surface area contributed by atoms with Crippen molar-refractivity contribution < 1.29 is 18.8 Å². The molecule has 4 rings (SSSR count). The highest BCUT2D eigenvalue weighted by molar-refractivity contribution is 6.04. The summed E-state index contributed by atoms with van der Waals surface area (Å²) in [6.07, 6.45) is 9.78. The van der Waals surface area contributed by atoms with E-state index >= 15 is 0 Å². The van der Waals surface area contributed by atoms with Crippen LogP contribution in [0.1, 0.15) is 65.4 Å². The smallest absolute Gasteiger partial charge is 0.287 e. The van der Waals surface area contributed by atoms with Crippen molar-refractivity contribution in [1.29, 1.82) is 0 Å². The van der Waals surface area contributed by atoms with E-state index in [4.69, 9.17) is 4.42 Å². The molecule has 2 N–H and O–H groups in total. The number of carbonyl (C=O) groups excluding carboxylic acids is 3. The van der Waals surface area contributed by atoms with Gasteiger partial charge in [-0.1, -0.05) is 37.5 Å². The maximum absolute atomic E-state index is 13.8. The Kier molecular flexibility index (Phi) is 8.15. The normalized spacial score (nSPS) is 14.6. The van der Waals surface area contributed by atoms with E-state index in [-0.39, 0.29) is 24.3 Å². The number of nitrogens with zero attached hydrogens (tertiary/aromatic N) is 2. The van der Waals surface area contributed by atoms with Gasteiger partial charge in [0, 0.05) is 29.7 Å². The van der Waals surface area contributed by atoms with Gasteiger partial charge >= 0.3 is 0 Å². The number of aryl methyl sites for hydroxylation is 1. The van der Waals surface area contributed by atoms with Gasteiger partial charge in [-0.2, -0.15) is 0 Å². The van der Waals surface area contributed by atoms with Gasteiger partial charge in [-0.05, 0) is 62.1 Å². The highest BCUT2D eigenvalue weighted by atomic mass is 16.3. The predicted molar refractivity (Wildman–Crippen MR) is 136 cm³/mol. The summed E-state index contributed by atoms with van der Waals surface area (Å²) in [4.78, 5) is 45.8. The Morgan fingerprint density at radius 3 is 2.56 bits per heavy atom. The molecule has 36 heavy (non-hydrogen) atoms. The van der Waals surface area contributed by atoms with Crippen LogP contribution in [0.2, 0.25) is 0 Å². The highest BCUT2D eigenvalue weighted by Crippen LogP contribution is 2.32. The zero-order valence-electron chi connectivity index (χ0n) is 20.7. The van der Waals surface area contributed by atoms with Crippen LogP contribution in [0.5, 0.6) is 0 Å². The van der Waals surface area contributed by atoms with Crippen LogP contribution in [0.3, 0.4) is 0 Å². The van der Waals surface area contributed by atoms with E-state index in [1.165, 1.54) is 23.7 Å². The van der Waals surface area contributed by atoms with Crippen molar-refractivity contribution in [3.63, 3.8) is 0 Å². The third-order valence-corrected chi connectivity index (χ3v) is 6.71. The Labute approximate surface area is 211 Å². The molecule has 1 saturated carbocycles. The van der Waals surface area contributed by atoms with Gasteiger partial charge in [-0.25, -0.2) is 0 Å². The third-order valence-electron chi connectivity index (χ3n) is 6.71. The van der Waals surface area contributed by atoms with Gasteiger partial charge in [0.1, 0.15) is 6.04 Å². The molecule has 8 nitrogen and oxygen atoms in total. The van der Waals surface area contributed by atoms with Crippen molar-refractivity contribution in [3.8, 4) is 0 Å². The van der Waals surface area contributed by atoms with Gasteiger partial charge in [-0.15, -0.1) is 0 Å². The fourth-order valence-electron chi connectivity index (χ4n) is 4.63. The average Bonchev–Trinajstić information content (AvgIpc) is 3.44. The van der Waals surface area contributed by atoms with Crippen LogP contribution in [0.15, 0.2) is 65.5 Å². The number of benzene rings is 1. The second-order valence-electron chi connectivity index (χ2n) is 9.18. The quantitative estimate of drug-likeness (QED) is 0.493. The van der Waals surface area contributed by atoms with Crippen LogP contribution >= 0.6 is 0 Å². The molecular weight excluding hydrogens is 456 g/mol. The Bertz CT molecular complexity index is 1190. The molecule has 3 amide bonds. The number of carbonyl (C=O) groups is 3. The average molecular weight is 489 g/mol. The van der Waals surface area contributed by atoms with Gasteiger partial charge in [0.15, 0.2) is 5.76 Å². The van der Waals surface area contributed by atoms with Crippen molar-refractivity contribution in [1.82, 2.24) is 15.6 Å². The number of furan rings is 1. The molecule has 0 bridgehead atoms. The van der Waals surface area contributed by atoms with E-state index < -0.39 is 17.9 Å². The third kappa shape index (κ3) is 5.82. The van der Waals surface area contributed by atoms with Gasteiger partial charge in [0.05, 0.1) is 12.8 Å². The maximum Gasteiger partial charge on any atom is 0.287 e. The molecule has 3 aromatic rings. The monoisotopic (exact) mass is 488 g/mol. The molecule has 1 aliphatic rings. The van der Waals surface area contributed by atoms with E-state index in [0.717, 1.165) is 36.8 Å². The first-order valence-corrected chi connectivity index (χ1v) is 12.4. The summed E-state index contributed by atoms with van der Waals surface area (Å²) in [7, 11) is 0. The first-order valence-electron chi connectivity index (χ1n) is 12.4. The Morgan fingerprint density at radius 2 is 1.86 bits per heavy atom. The van der Waals surface area contributed by atoms with Crippen LogP contribution in [0.4, 0.5) is 5.69 Å². The van der Waals surface area contributed by atoms with E-state index in [1.807, 2.05) is 32.0 Å². The predicted octanol–water partition coefficient (Wildman–Crippen LogP) is 4.24. The zero-order valence-corrected chi connectivity index (χ0v) is 20.7. The zero-order chi connectivity index (χ0) is 25.5. The molecule has 1 fully saturated rings. The van der Waals surface area contributed by atoms with Gasteiger partial charge < -0.3 is 15.1 Å². The van der Waals surface area contributed by atoms with E-state index in [9.17, 15) is 14.4 Å². The first kappa shape index (κ1) is 25.2. The second kappa shape index (κ2) is 11.7. The molecule has 2 heterocycles. The lowest BCUT2D eigenvalue weighted by Gasteiger charge is -2.34. The fraction of sp³-hybridized carbons (Fsp3) is 0.357. The van der Waals surface area contributed by atoms with Crippen molar-refractivity contribution >= 4 is 23.4 Å². The molecule has 1 atom stereocenters. The van der Waals surface area contributed by atoms with Gasteiger partial charge in [0.25, 0.3) is 5.91 Å². The van der Waals surface area contributed by atoms with Gasteiger partial charge in [0.2, 0.25) is 11.8 Å². The largest absolute Gasteiger partial charge is 0.459 e. The number of anilines is 1. The number of pyridine rings is 1. The molecule has 188 valence electrons. The number of hydrogen-bond acceptors (Lipinski definition) is 5. The van der Waals surface area contributed by atoms with Crippen LogP contribution < -0.4 is 15.5 Å². The molecule has 8 heteroatoms. The number of aromatic nitrogens is 1. The minimum Gasteiger partial charge on any atom is -0.459 e. The Morgan fingerprint density at radius 1 is 1.06 bits per heavy atom. The number of nitrogens with one attached hydrogen (secondary N) is 2. The SMILES string of the molecule is Cc1cccc(N(C(=O)CNC(=O)c2ccco2)[C@H](C(=O)NC2CCCCC2)c2cccnc2)c1C. The van der Waals surface area contributed by atoms with Crippen LogP contribution in [0, 0.1) is 13.8 Å². The molecule has 1 aromatic carbocycles. The highest BCUT2D eigenvalue weighted by Gasteiger charge is 2.35. The Hall–Kier alpha value is -3.94. The van der Waals surface area contributed by atoms with Crippen LogP contribution in [-0.4, -0.2) is 35.3 Å². The number of rotatable bonds is 8. The summed E-state index contributed by atoms with van der Waals surface area (Å²) in [6.45, 7) is 3.58. The molecule has 0 aliphatic heterocycles. The lowest BCUT2D eigenvalue weighted by atomic mass is 9.94. The van der Waals surface area contributed by atoms with E-state index in [1.54, 1.807) is 30.6 Å². The molecule has 0 radical (unpaired) electrons. The van der Waals surface area contributed by atoms with E-state index in [0.29, 0.717) is 11.3 Å². The summed E-state index contributed by atoms with van der Waals surface area (Å²) >= 11 is 0. The van der Waals surface area contributed by atoms with Crippen LogP contribution in [-0.2, 0) is 9.59 Å². The second-order valence-corrected chi connectivity index (χ2v) is 9.18. The van der Waals surface area contributed by atoms with E-state index in [2.05, 4.69) is 15.6 Å². The topological polar surface area (TPSA) is 105 Å². The summed E-state index contributed by atoms with van der Waals surface area (Å²) in [5.74, 6) is -1.07. The van der Waals surface area contributed by atoms with Crippen molar-refractivity contribution in [2.45, 2.75) is 58.0 Å². The number of hydrogen-bond donors (Lipinski definition) is 2. The van der Waals surface area contributed by atoms with Crippen molar-refractivity contribution in [3.05, 3.63) is 83.6 Å². The molecule has 0 spiro atoms. The fourth-order valence-corrected chi connectivity index (χ4v) is 4.63. The summed E-state index contributed by atoms with van der Waals surface area (Å²) in [6, 6.07) is 11.4. The first-order chi connectivity index (χ1) is 17.5. The van der Waals surface area contributed by atoms with Crippen molar-refractivity contribution in [2.75, 3.05) is 11.4 Å². The number of amides is 3. The molecule has 0 unspecified atom stereocenters. The minimum atomic E-state index is -0.950. The lowest BCUT2D eigenvalue weighted by Crippen LogP contribution is -2.50. The van der Waals surface area contributed by atoms with Gasteiger partial charge in [-0.3, -0.25) is 24.3 Å². The Balaban J connectivity index is 1.70. The standard InChI is InChI=1S/C28H32N4O4/c1-19-9-6-13-23(20(19)2)32(25(33)18-30-27(34)24-14-8-16-36-24)26(21-10-7-15-29-17-21)28(35)31-22-11-4-3-5-12-22/h6-10,13-17,22,26H,3-5,11-12,18H2,1-2H3,(H,30,34)(H,31,35)/t26-/m0/s1. The molecular formula is C28H32N4O4. The summed E-state index contributed by atoms with van der Waals surface area (Å²) in [5, 5.41) is 5.81. The summed E-state index contributed by atoms with van der Waals surface area (Å²) < 4.78 is 5.14. The van der Waals surface area contributed by atoms with Crippen molar-refractivity contribution in [2.24, 2.45) is 0 Å². The van der Waals surface area contributed by atoms with Crippen LogP contribution in [0.25, 0.3) is 0 Å². The lowest BCUT2D eigenvalue weighted by molar-refractivity contribution is -0.127. The minimum absolute atomic E-state index is 0.0691. The molecule has 1 aliphatic carbocycles. The molecule has 0 saturated heterocycles. The molecule has 2 aromatic heterocycles.